The van der Waals surface area contributed by atoms with E-state index in [2.05, 4.69) is 31.2 Å². The number of sulfone groups is 1. The molecule has 192 valence electrons. The maximum Gasteiger partial charge on any atom is 0.416 e. The molecule has 0 saturated heterocycles. The lowest BCUT2D eigenvalue weighted by Gasteiger charge is -2.17. The molecule has 6 nitrogen and oxygen atoms in total. The van der Waals surface area contributed by atoms with Gasteiger partial charge in [-0.05, 0) is 29.8 Å². The molecule has 1 N–H and O–H groups in total. The van der Waals surface area contributed by atoms with Gasteiger partial charge in [0, 0.05) is 29.8 Å². The van der Waals surface area contributed by atoms with Gasteiger partial charge in [0.05, 0.1) is 28.1 Å². The second-order valence-corrected chi connectivity index (χ2v) is 10.4. The first-order valence-electron chi connectivity index (χ1n) is 9.88. The zero-order valence-corrected chi connectivity index (χ0v) is 20.8. The zero-order valence-electron chi connectivity index (χ0n) is 18.4. The highest BCUT2D eigenvalue weighted by Crippen LogP contribution is 2.37. The molecule has 0 fully saturated rings. The van der Waals surface area contributed by atoms with Crippen LogP contribution in [0.2, 0.25) is 0 Å². The molecule has 0 unspecified atom stereocenters. The summed E-state index contributed by atoms with van der Waals surface area (Å²) >= 11 is 3.28. The fraction of sp³-hybridized carbons (Fsp3) is 0.227. The van der Waals surface area contributed by atoms with Gasteiger partial charge < -0.3 is 5.32 Å². The van der Waals surface area contributed by atoms with Crippen LogP contribution >= 0.6 is 15.9 Å². The van der Waals surface area contributed by atoms with Crippen LogP contribution in [0.25, 0.3) is 11.3 Å². The zero-order chi connectivity index (χ0) is 27.1. The summed E-state index contributed by atoms with van der Waals surface area (Å²) in [6, 6.07) is 7.23. The number of hydrogen-bond acceptors (Lipinski definition) is 5. The summed E-state index contributed by atoms with van der Waals surface area (Å²) in [7, 11) is -2.86. The predicted molar refractivity (Wildman–Crippen MR) is 121 cm³/mol. The summed E-state index contributed by atoms with van der Waals surface area (Å²) in [6.07, 6.45) is -10.1. The van der Waals surface area contributed by atoms with Gasteiger partial charge in [-0.2, -0.15) is 26.3 Å². The van der Waals surface area contributed by atoms with Crippen molar-refractivity contribution in [2.45, 2.75) is 23.9 Å². The van der Waals surface area contributed by atoms with Crippen molar-refractivity contribution in [1.82, 2.24) is 15.3 Å². The maximum atomic E-state index is 13.3. The Morgan fingerprint density at radius 3 is 2.00 bits per heavy atom. The Labute approximate surface area is 209 Å². The number of carbonyl (C=O) groups is 1. The number of hydrogen-bond donors (Lipinski definition) is 1. The van der Waals surface area contributed by atoms with Gasteiger partial charge in [0.15, 0.2) is 0 Å². The fourth-order valence-corrected chi connectivity index (χ4v) is 4.31. The van der Waals surface area contributed by atoms with Crippen LogP contribution in [0.5, 0.6) is 0 Å². The Morgan fingerprint density at radius 2 is 1.53 bits per heavy atom. The second kappa shape index (κ2) is 9.81. The van der Waals surface area contributed by atoms with Gasteiger partial charge in [-0.3, -0.25) is 4.79 Å². The van der Waals surface area contributed by atoms with Crippen LogP contribution in [0, 0.1) is 0 Å². The molecule has 1 heterocycles. The largest absolute Gasteiger partial charge is 0.416 e. The van der Waals surface area contributed by atoms with Crippen molar-refractivity contribution in [1.29, 1.82) is 0 Å². The Morgan fingerprint density at radius 1 is 0.972 bits per heavy atom. The third-order valence-corrected chi connectivity index (χ3v) is 6.43. The lowest BCUT2D eigenvalue weighted by Crippen LogP contribution is -2.24. The first kappa shape index (κ1) is 27.6. The van der Waals surface area contributed by atoms with E-state index in [1.54, 1.807) is 18.2 Å². The average Bonchev–Trinajstić information content (AvgIpc) is 2.76. The van der Waals surface area contributed by atoms with Crippen LogP contribution < -0.4 is 5.32 Å². The van der Waals surface area contributed by atoms with E-state index in [4.69, 9.17) is 0 Å². The van der Waals surface area contributed by atoms with Crippen LogP contribution in [0.3, 0.4) is 0 Å². The molecule has 1 aromatic heterocycles. The number of alkyl halides is 6. The number of halogens is 7. The molecule has 0 aliphatic heterocycles. The molecule has 3 aromatic rings. The summed E-state index contributed by atoms with van der Waals surface area (Å²) in [5, 5.41) is 1.57. The van der Waals surface area contributed by atoms with Gasteiger partial charge in [-0.1, -0.05) is 34.1 Å². The smallest absolute Gasteiger partial charge is 0.355 e. The molecule has 0 bridgehead atoms. The third kappa shape index (κ3) is 6.03. The van der Waals surface area contributed by atoms with Crippen LogP contribution in [-0.2, 0) is 28.6 Å². The highest BCUT2D eigenvalue weighted by Gasteiger charge is 2.37. The molecular weight excluding hydrogens is 580 g/mol. The summed E-state index contributed by atoms with van der Waals surface area (Å²) in [4.78, 5) is 20.7. The van der Waals surface area contributed by atoms with Gasteiger partial charge in [0.2, 0.25) is 15.0 Å². The summed E-state index contributed by atoms with van der Waals surface area (Å²) < 4.78 is 105. The molecule has 36 heavy (non-hydrogen) atoms. The van der Waals surface area contributed by atoms with E-state index >= 15 is 0 Å². The minimum Gasteiger partial charge on any atom is -0.355 e. The topological polar surface area (TPSA) is 89.0 Å². The molecule has 0 aliphatic carbocycles. The van der Waals surface area contributed by atoms with Gasteiger partial charge in [0.25, 0.3) is 5.91 Å². The minimum atomic E-state index is -5.09. The monoisotopic (exact) mass is 595 g/mol. The van der Waals surface area contributed by atoms with Crippen molar-refractivity contribution in [3.8, 4) is 11.3 Å². The van der Waals surface area contributed by atoms with Gasteiger partial charge >= 0.3 is 12.4 Å². The minimum absolute atomic E-state index is 0.0302. The maximum absolute atomic E-state index is 13.3. The van der Waals surface area contributed by atoms with Crippen LogP contribution in [0.4, 0.5) is 26.3 Å². The lowest BCUT2D eigenvalue weighted by molar-refractivity contribution is -0.143. The molecule has 0 saturated carbocycles. The van der Waals surface area contributed by atoms with E-state index in [1.165, 1.54) is 13.1 Å². The first-order chi connectivity index (χ1) is 16.5. The predicted octanol–water partition coefficient (Wildman–Crippen LogP) is 5.30. The molecular formula is C22H16BrF6N3O3S. The van der Waals surface area contributed by atoms with Crippen LogP contribution in [0.15, 0.2) is 52.1 Å². The number of benzene rings is 2. The van der Waals surface area contributed by atoms with Gasteiger partial charge in [-0.15, -0.1) is 0 Å². The second-order valence-electron chi connectivity index (χ2n) is 7.60. The van der Waals surface area contributed by atoms with Crippen LogP contribution in [-0.4, -0.2) is 37.6 Å². The molecule has 2 aromatic carbocycles. The Bertz CT molecular complexity index is 1410. The number of amides is 1. The van der Waals surface area contributed by atoms with Crippen molar-refractivity contribution in [3.63, 3.8) is 0 Å². The van der Waals surface area contributed by atoms with E-state index in [1.807, 2.05) is 0 Å². The molecule has 0 aliphatic rings. The SMILES string of the molecule is CNC(=O)c1c(Cc2cc(C(F)(F)F)cc(C(F)(F)F)c2)nc(S(C)(=O)=O)nc1-c1ccccc1Br. The third-order valence-electron chi connectivity index (χ3n) is 4.90. The molecule has 0 atom stereocenters. The molecule has 3 rings (SSSR count). The number of aromatic nitrogens is 2. The number of rotatable bonds is 5. The fourth-order valence-electron chi connectivity index (χ4n) is 3.30. The molecule has 14 heteroatoms. The molecule has 0 spiro atoms. The van der Waals surface area contributed by atoms with Gasteiger partial charge in [0.1, 0.15) is 0 Å². The Balaban J connectivity index is 2.37. The van der Waals surface area contributed by atoms with Crippen molar-refractivity contribution >= 4 is 31.7 Å². The first-order valence-corrected chi connectivity index (χ1v) is 12.6. The van der Waals surface area contributed by atoms with Crippen molar-refractivity contribution in [2.24, 2.45) is 0 Å². The lowest BCUT2D eigenvalue weighted by atomic mass is 9.97. The average molecular weight is 596 g/mol. The normalized spacial score (nSPS) is 12.5. The van der Waals surface area contributed by atoms with Gasteiger partial charge in [-0.25, -0.2) is 18.4 Å². The summed E-state index contributed by atoms with van der Waals surface area (Å²) in [5.41, 5.74) is -4.20. The van der Waals surface area contributed by atoms with E-state index < -0.39 is 56.4 Å². The molecule has 1 amide bonds. The van der Waals surface area contributed by atoms with E-state index in [0.29, 0.717) is 16.6 Å². The van der Waals surface area contributed by atoms with Crippen molar-refractivity contribution in [2.75, 3.05) is 13.3 Å². The summed E-state index contributed by atoms with van der Waals surface area (Å²) in [6.45, 7) is 0. The van der Waals surface area contributed by atoms with E-state index in [9.17, 15) is 39.6 Å². The quantitative estimate of drug-likeness (QED) is 0.319. The van der Waals surface area contributed by atoms with Crippen molar-refractivity contribution < 1.29 is 39.6 Å². The summed E-state index contributed by atoms with van der Waals surface area (Å²) in [5.74, 6) is -0.821. The number of nitrogens with one attached hydrogen (secondary N) is 1. The molecule has 0 radical (unpaired) electrons. The Kier molecular flexibility index (Phi) is 7.51. The van der Waals surface area contributed by atoms with E-state index in [0.717, 1.165) is 6.26 Å². The highest BCUT2D eigenvalue weighted by atomic mass is 79.9. The Hall–Kier alpha value is -3.00. The standard InChI is InChI=1S/C22H16BrF6N3O3S/c1-30-19(33)17-16(9-11-7-12(21(24,25)26)10-13(8-11)22(27,28)29)31-20(36(2,34)35)32-18(17)14-5-3-4-6-15(14)23/h3-8,10H,9H2,1-2H3,(H,30,33). The number of carbonyl (C=O) groups excluding carboxylic acids is 1. The number of nitrogens with zero attached hydrogens (tertiary/aromatic N) is 2. The van der Waals surface area contributed by atoms with E-state index in [-0.39, 0.29) is 28.6 Å². The highest BCUT2D eigenvalue weighted by molar-refractivity contribution is 9.10. The van der Waals surface area contributed by atoms with Crippen molar-refractivity contribution in [3.05, 3.63) is 74.9 Å². The van der Waals surface area contributed by atoms with Crippen LogP contribution in [0.1, 0.15) is 32.7 Å².